The van der Waals surface area contributed by atoms with Crippen molar-refractivity contribution in [1.29, 1.82) is 0 Å². The van der Waals surface area contributed by atoms with Crippen molar-refractivity contribution < 1.29 is 39.0 Å². The highest BCUT2D eigenvalue weighted by atomic mass is 16.4. The summed E-state index contributed by atoms with van der Waals surface area (Å²) in [5.74, 6) is -4.18. The summed E-state index contributed by atoms with van der Waals surface area (Å²) < 4.78 is 0. The molecular formula is C25H36N4O8. The maximum Gasteiger partial charge on any atom is 0.305 e. The van der Waals surface area contributed by atoms with Gasteiger partial charge < -0.3 is 31.4 Å². The van der Waals surface area contributed by atoms with E-state index in [0.29, 0.717) is 16.7 Å². The molecule has 4 atom stereocenters. The van der Waals surface area contributed by atoms with Crippen LogP contribution in [0.25, 0.3) is 0 Å². The standard InChI is InChI=1S/C25H36N4O8/c1-14(2)11-21(28-23(35)20(26)12-17-5-7-19(32)8-6-17)24(36)27-15(3)25(37)29(16(4)31)18(9-10-30)13-22(33)34/h5-8,10,14-15,18,20-21,32H,9,11-13,26H2,1-4H3,(H,27,36)(H,28,35)(H,33,34)/t15-,18+,20-,21-/m0/s1. The molecule has 0 aromatic heterocycles. The Balaban J connectivity index is 2.96. The average molecular weight is 521 g/mol. The van der Waals surface area contributed by atoms with E-state index in [1.165, 1.54) is 19.1 Å². The van der Waals surface area contributed by atoms with Crippen LogP contribution < -0.4 is 16.4 Å². The Kier molecular flexibility index (Phi) is 12.4. The van der Waals surface area contributed by atoms with E-state index in [9.17, 15) is 33.9 Å². The molecule has 0 aliphatic rings. The van der Waals surface area contributed by atoms with Gasteiger partial charge in [-0.25, -0.2) is 0 Å². The van der Waals surface area contributed by atoms with Crippen LogP contribution >= 0.6 is 0 Å². The van der Waals surface area contributed by atoms with E-state index in [1.807, 2.05) is 13.8 Å². The van der Waals surface area contributed by atoms with Crippen molar-refractivity contribution in [2.24, 2.45) is 11.7 Å². The van der Waals surface area contributed by atoms with Crippen LogP contribution in [0.15, 0.2) is 24.3 Å². The number of imide groups is 1. The lowest BCUT2D eigenvalue weighted by atomic mass is 10.0. The highest BCUT2D eigenvalue weighted by Crippen LogP contribution is 2.13. The molecule has 0 spiro atoms. The third-order valence-electron chi connectivity index (χ3n) is 5.52. The summed E-state index contributed by atoms with van der Waals surface area (Å²) in [6.07, 6.45) is -0.200. The number of carboxylic acid groups (broad SMARTS) is 1. The van der Waals surface area contributed by atoms with E-state index >= 15 is 0 Å². The number of nitrogens with zero attached hydrogens (tertiary/aromatic N) is 1. The second-order valence-corrected chi connectivity index (χ2v) is 9.28. The van der Waals surface area contributed by atoms with Gasteiger partial charge in [-0.15, -0.1) is 0 Å². The van der Waals surface area contributed by atoms with Gasteiger partial charge in [0.15, 0.2) is 0 Å². The molecule has 6 N–H and O–H groups in total. The van der Waals surface area contributed by atoms with Gasteiger partial charge in [0.1, 0.15) is 24.1 Å². The molecule has 0 bridgehead atoms. The van der Waals surface area contributed by atoms with Crippen LogP contribution in [0.5, 0.6) is 5.75 Å². The number of rotatable bonds is 14. The number of aldehydes is 1. The lowest BCUT2D eigenvalue weighted by Gasteiger charge is -2.30. The summed E-state index contributed by atoms with van der Waals surface area (Å²) in [4.78, 5) is 73.7. The van der Waals surface area contributed by atoms with Crippen LogP contribution in [0.3, 0.4) is 0 Å². The number of aliphatic carboxylic acids is 1. The first kappa shape index (κ1) is 31.2. The number of carbonyl (C=O) groups is 6. The molecule has 37 heavy (non-hydrogen) atoms. The third-order valence-corrected chi connectivity index (χ3v) is 5.52. The van der Waals surface area contributed by atoms with E-state index in [1.54, 1.807) is 12.1 Å². The number of hydrogen-bond acceptors (Lipinski definition) is 8. The smallest absolute Gasteiger partial charge is 0.305 e. The van der Waals surface area contributed by atoms with Crippen LogP contribution in [0.4, 0.5) is 0 Å². The second kappa shape index (κ2) is 14.7. The summed E-state index contributed by atoms with van der Waals surface area (Å²) in [5, 5.41) is 23.6. The molecule has 0 heterocycles. The first-order valence-electron chi connectivity index (χ1n) is 11.9. The lowest BCUT2D eigenvalue weighted by molar-refractivity contribution is -0.150. The molecule has 0 saturated heterocycles. The van der Waals surface area contributed by atoms with E-state index in [2.05, 4.69) is 10.6 Å². The zero-order valence-electron chi connectivity index (χ0n) is 21.5. The van der Waals surface area contributed by atoms with Gasteiger partial charge in [0.25, 0.3) is 5.91 Å². The van der Waals surface area contributed by atoms with Crippen LogP contribution in [-0.2, 0) is 35.2 Å². The Morgan fingerprint density at radius 3 is 2.11 bits per heavy atom. The monoisotopic (exact) mass is 520 g/mol. The van der Waals surface area contributed by atoms with Crippen LogP contribution in [-0.4, -0.2) is 75.2 Å². The Bertz CT molecular complexity index is 979. The van der Waals surface area contributed by atoms with Crippen molar-refractivity contribution in [1.82, 2.24) is 15.5 Å². The molecule has 1 rings (SSSR count). The molecule has 12 nitrogen and oxygen atoms in total. The minimum Gasteiger partial charge on any atom is -0.508 e. The zero-order chi connectivity index (χ0) is 28.3. The molecule has 0 radical (unpaired) electrons. The third kappa shape index (κ3) is 10.4. The van der Waals surface area contributed by atoms with Gasteiger partial charge >= 0.3 is 5.97 Å². The maximum atomic E-state index is 13.0. The van der Waals surface area contributed by atoms with Gasteiger partial charge in [-0.3, -0.25) is 28.9 Å². The number of benzene rings is 1. The van der Waals surface area contributed by atoms with E-state index in [-0.39, 0.29) is 30.9 Å². The normalized spacial score (nSPS) is 14.1. The Morgan fingerprint density at radius 2 is 1.62 bits per heavy atom. The van der Waals surface area contributed by atoms with Gasteiger partial charge in [-0.1, -0.05) is 26.0 Å². The number of amides is 4. The van der Waals surface area contributed by atoms with E-state index < -0.39 is 60.2 Å². The topological polar surface area (TPSA) is 196 Å². The van der Waals surface area contributed by atoms with E-state index in [0.717, 1.165) is 6.92 Å². The van der Waals surface area contributed by atoms with Crippen molar-refractivity contribution in [3.8, 4) is 5.75 Å². The number of carboxylic acids is 1. The Hall–Kier alpha value is -3.80. The molecule has 4 amide bonds. The molecule has 0 fully saturated rings. The minimum absolute atomic E-state index is 0.0170. The summed E-state index contributed by atoms with van der Waals surface area (Å²) in [6, 6.07) is 1.69. The van der Waals surface area contributed by atoms with Crippen molar-refractivity contribution in [2.75, 3.05) is 0 Å². The van der Waals surface area contributed by atoms with Gasteiger partial charge in [0, 0.05) is 13.3 Å². The highest BCUT2D eigenvalue weighted by molar-refractivity contribution is 6.00. The molecule has 0 saturated carbocycles. The van der Waals surface area contributed by atoms with Crippen molar-refractivity contribution in [3.05, 3.63) is 29.8 Å². The molecule has 12 heteroatoms. The van der Waals surface area contributed by atoms with Crippen molar-refractivity contribution in [2.45, 2.75) is 77.5 Å². The SMILES string of the molecule is CC(=O)N(C(=O)[C@H](C)NC(=O)[C@H](CC(C)C)NC(=O)[C@@H](N)Cc1ccc(O)cc1)[C@H](CC=O)CC(=O)O. The molecule has 204 valence electrons. The van der Waals surface area contributed by atoms with Crippen LogP contribution in [0.1, 0.15) is 52.5 Å². The first-order chi connectivity index (χ1) is 17.3. The van der Waals surface area contributed by atoms with Gasteiger partial charge in [-0.05, 0) is 43.4 Å². The molecular weight excluding hydrogens is 484 g/mol. The zero-order valence-corrected chi connectivity index (χ0v) is 21.5. The Labute approximate surface area is 215 Å². The number of nitrogens with two attached hydrogens (primary N) is 1. The number of phenolic OH excluding ortho intramolecular Hbond substituents is 1. The molecule has 1 aromatic carbocycles. The van der Waals surface area contributed by atoms with Gasteiger partial charge in [0.2, 0.25) is 17.7 Å². The number of nitrogens with one attached hydrogen (secondary N) is 2. The fraction of sp³-hybridized carbons (Fsp3) is 0.520. The summed E-state index contributed by atoms with van der Waals surface area (Å²) in [6.45, 7) is 6.05. The number of aromatic hydroxyl groups is 1. The summed E-state index contributed by atoms with van der Waals surface area (Å²) in [7, 11) is 0. The summed E-state index contributed by atoms with van der Waals surface area (Å²) >= 11 is 0. The van der Waals surface area contributed by atoms with Crippen molar-refractivity contribution in [3.63, 3.8) is 0 Å². The average Bonchev–Trinajstić information content (AvgIpc) is 2.79. The Morgan fingerprint density at radius 1 is 1.03 bits per heavy atom. The summed E-state index contributed by atoms with van der Waals surface area (Å²) in [5.41, 5.74) is 6.72. The quantitative estimate of drug-likeness (QED) is 0.211. The maximum absolute atomic E-state index is 13.0. The fourth-order valence-electron chi connectivity index (χ4n) is 3.73. The first-order valence-corrected chi connectivity index (χ1v) is 11.9. The lowest BCUT2D eigenvalue weighted by Crippen LogP contribution is -2.57. The van der Waals surface area contributed by atoms with Crippen LogP contribution in [0, 0.1) is 5.92 Å². The number of carbonyl (C=O) groups excluding carboxylic acids is 5. The minimum atomic E-state index is -1.30. The van der Waals surface area contributed by atoms with Crippen molar-refractivity contribution >= 4 is 35.9 Å². The molecule has 0 aliphatic heterocycles. The number of hydrogen-bond donors (Lipinski definition) is 5. The fourth-order valence-corrected chi connectivity index (χ4v) is 3.73. The molecule has 1 aromatic rings. The van der Waals surface area contributed by atoms with Gasteiger partial charge in [-0.2, -0.15) is 0 Å². The second-order valence-electron chi connectivity index (χ2n) is 9.28. The predicted molar refractivity (Wildman–Crippen MR) is 133 cm³/mol. The van der Waals surface area contributed by atoms with Gasteiger partial charge in [0.05, 0.1) is 18.5 Å². The van der Waals surface area contributed by atoms with Crippen LogP contribution in [0.2, 0.25) is 0 Å². The largest absolute Gasteiger partial charge is 0.508 e. The number of phenols is 1. The predicted octanol–water partition coefficient (Wildman–Crippen LogP) is 0.105. The molecule has 0 aliphatic carbocycles. The van der Waals surface area contributed by atoms with E-state index in [4.69, 9.17) is 10.8 Å². The molecule has 0 unspecified atom stereocenters. The highest BCUT2D eigenvalue weighted by Gasteiger charge is 2.34.